The predicted molar refractivity (Wildman–Crippen MR) is 74.9 cm³/mol. The van der Waals surface area contributed by atoms with Crippen molar-refractivity contribution in [2.24, 2.45) is 0 Å². The van der Waals surface area contributed by atoms with Crippen LogP contribution in [-0.4, -0.2) is 32.8 Å². The molecule has 0 aromatic carbocycles. The first-order valence-corrected chi connectivity index (χ1v) is 11.2. The van der Waals surface area contributed by atoms with Gasteiger partial charge in [0.1, 0.15) is 0 Å². The minimum atomic E-state index is -5.75. The van der Waals surface area contributed by atoms with Gasteiger partial charge in [-0.25, -0.2) is 18.3 Å². The fourth-order valence-electron chi connectivity index (χ4n) is 0.793. The molecule has 0 saturated heterocycles. The normalized spacial score (nSPS) is 17.2. The second-order valence-corrected chi connectivity index (χ2v) is 9.51. The van der Waals surface area contributed by atoms with Gasteiger partial charge >= 0.3 is 31.3 Å². The van der Waals surface area contributed by atoms with E-state index in [1.54, 1.807) is 0 Å². The third-order valence-electron chi connectivity index (χ3n) is 1.32. The van der Waals surface area contributed by atoms with Crippen LogP contribution in [0.25, 0.3) is 0 Å². The molecule has 0 heterocycles. The summed E-state index contributed by atoms with van der Waals surface area (Å²) in [6.07, 6.45) is 2.15. The van der Waals surface area contributed by atoms with E-state index in [1.165, 1.54) is 0 Å². The van der Waals surface area contributed by atoms with E-state index in [-0.39, 0.29) is 21.7 Å². The van der Waals surface area contributed by atoms with Crippen molar-refractivity contribution in [3.63, 3.8) is 0 Å². The van der Waals surface area contributed by atoms with Crippen LogP contribution in [0.3, 0.4) is 0 Å². The monoisotopic (exact) mass is 466 g/mol. The molecule has 2 atom stereocenters. The second kappa shape index (κ2) is 10.8. The molecule has 0 rings (SSSR count). The van der Waals surface area contributed by atoms with Crippen LogP contribution in [0.2, 0.25) is 0 Å². The topological polar surface area (TPSA) is 195 Å². The molecule has 0 aliphatic heterocycles. The summed E-state index contributed by atoms with van der Waals surface area (Å²) in [5.74, 6) is 0. The maximum Gasteiger partial charge on any atom is 0.490 e. The fraction of sp³-hybridized carbons (Fsp3) is 0.333. The van der Waals surface area contributed by atoms with Gasteiger partial charge in [0.2, 0.25) is 0 Å². The molecule has 0 aromatic heterocycles. The van der Waals surface area contributed by atoms with Gasteiger partial charge in [-0.1, -0.05) is 12.2 Å². The van der Waals surface area contributed by atoms with Crippen LogP contribution < -0.4 is 0 Å². The van der Waals surface area contributed by atoms with E-state index in [9.17, 15) is 23.2 Å². The smallest absolute Gasteiger partial charge is 0.302 e. The molecule has 13 nitrogen and oxygen atoms in total. The molecule has 0 amide bonds. The number of hydrogen-bond donors (Lipinski definition) is 4. The minimum Gasteiger partial charge on any atom is -0.302 e. The molecule has 0 aromatic rings. The Morgan fingerprint density at radius 2 is 1.12 bits per heavy atom. The van der Waals surface area contributed by atoms with Crippen LogP contribution >= 0.6 is 31.3 Å². The standard InChI is InChI=1S/C6H14O13P4.Ti/c1-3-5-15-23(14,16-6-4-2)19-22(12,13)18-21(10,11)17-20(7,8)9;/h3-4H,1-2,5-6H2,(H,10,11)(H,12,13)(H2,7,8,9);. The van der Waals surface area contributed by atoms with E-state index < -0.39 is 44.5 Å². The quantitative estimate of drug-likeness (QED) is 0.185. The van der Waals surface area contributed by atoms with Crippen molar-refractivity contribution >= 4 is 31.3 Å². The number of phosphoric acid groups is 4. The Hall–Kier alpha value is 0.754. The third-order valence-corrected chi connectivity index (χ3v) is 7.20. The van der Waals surface area contributed by atoms with E-state index >= 15 is 0 Å². The molecule has 0 bridgehead atoms. The Labute approximate surface area is 151 Å². The van der Waals surface area contributed by atoms with E-state index in [0.717, 1.165) is 12.2 Å². The summed E-state index contributed by atoms with van der Waals surface area (Å²) in [7, 11) is -21.7. The first-order chi connectivity index (χ1) is 10.2. The molecule has 2 unspecified atom stereocenters. The van der Waals surface area contributed by atoms with Crippen molar-refractivity contribution in [2.75, 3.05) is 13.2 Å². The average Bonchev–Trinajstić information content (AvgIpc) is 2.28. The molecule has 0 fully saturated rings. The van der Waals surface area contributed by atoms with Crippen LogP contribution in [0, 0.1) is 0 Å². The SMILES string of the molecule is C=CCOP(=O)(OCC=C)OP(=O)(O)OP(=O)(O)OP(=O)(O)O.[Ti]. The van der Waals surface area contributed by atoms with Crippen molar-refractivity contribution < 1.29 is 81.5 Å². The maximum absolute atomic E-state index is 12.0. The van der Waals surface area contributed by atoms with Crippen molar-refractivity contribution in [1.29, 1.82) is 0 Å². The summed E-state index contributed by atoms with van der Waals surface area (Å²) in [5, 5.41) is 0. The zero-order chi connectivity index (χ0) is 18.4. The zero-order valence-corrected chi connectivity index (χ0v) is 16.9. The zero-order valence-electron chi connectivity index (χ0n) is 11.7. The van der Waals surface area contributed by atoms with Gasteiger partial charge in [0, 0.05) is 21.7 Å². The fourth-order valence-corrected chi connectivity index (χ4v) is 5.73. The Kier molecular flexibility index (Phi) is 12.1. The molecule has 4 N–H and O–H groups in total. The number of phosphoric ester groups is 1. The van der Waals surface area contributed by atoms with Gasteiger partial charge < -0.3 is 19.6 Å². The Morgan fingerprint density at radius 1 is 0.750 bits per heavy atom. The molecule has 140 valence electrons. The van der Waals surface area contributed by atoms with Crippen LogP contribution in [0.5, 0.6) is 0 Å². The second-order valence-electron chi connectivity index (χ2n) is 3.29. The van der Waals surface area contributed by atoms with E-state index in [2.05, 4.69) is 35.1 Å². The summed E-state index contributed by atoms with van der Waals surface area (Å²) >= 11 is 0. The molecule has 18 heteroatoms. The number of hydrogen-bond acceptors (Lipinski definition) is 9. The van der Waals surface area contributed by atoms with E-state index in [1.807, 2.05) is 0 Å². The van der Waals surface area contributed by atoms with E-state index in [4.69, 9.17) is 14.7 Å². The first kappa shape index (κ1) is 27.0. The first-order valence-electron chi connectivity index (χ1n) is 5.20. The van der Waals surface area contributed by atoms with Gasteiger partial charge in [-0.2, -0.15) is 12.9 Å². The summed E-state index contributed by atoms with van der Waals surface area (Å²) in [6.45, 7) is 5.48. The van der Waals surface area contributed by atoms with Crippen LogP contribution in [0.4, 0.5) is 0 Å². The Bertz CT molecular complexity index is 596. The Balaban J connectivity index is 0. The summed E-state index contributed by atoms with van der Waals surface area (Å²) in [5.41, 5.74) is 0. The molecule has 0 radical (unpaired) electrons. The molecule has 24 heavy (non-hydrogen) atoms. The average molecular weight is 466 g/mol. The summed E-state index contributed by atoms with van der Waals surface area (Å²) in [4.78, 5) is 34.9. The van der Waals surface area contributed by atoms with Crippen LogP contribution in [0.1, 0.15) is 0 Å². The van der Waals surface area contributed by atoms with Crippen LogP contribution in [-0.2, 0) is 62.0 Å². The number of rotatable bonds is 12. The van der Waals surface area contributed by atoms with Gasteiger partial charge in [-0.15, -0.1) is 13.2 Å². The maximum atomic E-state index is 12.0. The predicted octanol–water partition coefficient (Wildman–Crippen LogP) is 1.84. The third kappa shape index (κ3) is 13.0. The Morgan fingerprint density at radius 3 is 1.46 bits per heavy atom. The van der Waals surface area contributed by atoms with Gasteiger partial charge in [0.25, 0.3) is 0 Å². The van der Waals surface area contributed by atoms with Gasteiger partial charge in [-0.3, -0.25) is 9.05 Å². The molecular formula is C6H14O13P4Ti. The summed E-state index contributed by atoms with van der Waals surface area (Å²) in [6, 6.07) is 0. The van der Waals surface area contributed by atoms with E-state index in [0.29, 0.717) is 0 Å². The van der Waals surface area contributed by atoms with Gasteiger partial charge in [0.05, 0.1) is 13.2 Å². The van der Waals surface area contributed by atoms with Gasteiger partial charge in [-0.05, 0) is 0 Å². The van der Waals surface area contributed by atoms with Crippen molar-refractivity contribution in [3.8, 4) is 0 Å². The molecule has 0 spiro atoms. The molecular weight excluding hydrogens is 452 g/mol. The van der Waals surface area contributed by atoms with Crippen molar-refractivity contribution in [1.82, 2.24) is 0 Å². The molecule has 0 aliphatic carbocycles. The summed E-state index contributed by atoms with van der Waals surface area (Å²) < 4.78 is 64.9. The molecule has 0 saturated carbocycles. The van der Waals surface area contributed by atoms with Crippen molar-refractivity contribution in [3.05, 3.63) is 25.3 Å². The van der Waals surface area contributed by atoms with Gasteiger partial charge in [0.15, 0.2) is 0 Å². The minimum absolute atomic E-state index is 0. The van der Waals surface area contributed by atoms with Crippen molar-refractivity contribution in [2.45, 2.75) is 0 Å². The largest absolute Gasteiger partial charge is 0.490 e. The van der Waals surface area contributed by atoms with Crippen LogP contribution in [0.15, 0.2) is 25.3 Å². The molecule has 0 aliphatic rings.